The molecule has 0 fully saturated rings. The number of hydrazone groups is 2. The van der Waals surface area contributed by atoms with E-state index in [4.69, 9.17) is 10.2 Å². The summed E-state index contributed by atoms with van der Waals surface area (Å²) in [5, 5.41) is 13.6. The second-order valence-electron chi connectivity index (χ2n) is 12.0. The number of hydrogen-bond donors (Lipinski definition) is 0. The van der Waals surface area contributed by atoms with E-state index in [9.17, 15) is 0 Å². The Morgan fingerprint density at radius 3 is 1.31 bits per heavy atom. The minimum Gasteiger partial charge on any atom is -0.234 e. The Kier molecular flexibility index (Phi) is 12.3. The van der Waals surface area contributed by atoms with E-state index in [1.165, 1.54) is 22.3 Å². The third-order valence-corrected chi connectivity index (χ3v) is 8.30. The van der Waals surface area contributed by atoms with Crippen LogP contribution in [0.25, 0.3) is 0 Å². The molecule has 0 heterocycles. The average molecular weight is 643 g/mol. The van der Waals surface area contributed by atoms with Crippen molar-refractivity contribution in [1.29, 1.82) is 0 Å². The van der Waals surface area contributed by atoms with Crippen molar-refractivity contribution in [3.63, 3.8) is 0 Å². The van der Waals surface area contributed by atoms with E-state index in [2.05, 4.69) is 156 Å². The van der Waals surface area contributed by atoms with Crippen molar-refractivity contribution in [2.45, 2.75) is 47.5 Å². The monoisotopic (exact) mass is 642 g/mol. The predicted molar refractivity (Wildman–Crippen MR) is 211 cm³/mol. The molecule has 0 atom stereocenters. The SMILES string of the molecule is CCc1ccc(N(/N=C(/C)c2ccccc2)c2ccc(C)cc2)cc1.CCc1ccc(N(/N=C\c2ccccc2)c2ccc(C)cc2)cc1. The molecule has 0 spiro atoms. The Balaban J connectivity index is 0.000000191. The van der Waals surface area contributed by atoms with Crippen LogP contribution in [-0.4, -0.2) is 11.9 Å². The van der Waals surface area contributed by atoms with Crippen LogP contribution in [0.1, 0.15) is 54.2 Å². The van der Waals surface area contributed by atoms with Gasteiger partial charge >= 0.3 is 0 Å². The topological polar surface area (TPSA) is 31.2 Å². The highest BCUT2D eigenvalue weighted by atomic mass is 15.5. The number of anilines is 4. The van der Waals surface area contributed by atoms with Crippen molar-refractivity contribution in [2.75, 3.05) is 10.0 Å². The third kappa shape index (κ3) is 9.88. The molecule has 0 amide bonds. The predicted octanol–water partition coefficient (Wildman–Crippen LogP) is 11.8. The highest BCUT2D eigenvalue weighted by Gasteiger charge is 2.10. The van der Waals surface area contributed by atoms with E-state index in [-0.39, 0.29) is 0 Å². The molecule has 4 nitrogen and oxygen atoms in total. The maximum absolute atomic E-state index is 4.92. The molecule has 6 aromatic rings. The van der Waals surface area contributed by atoms with Crippen LogP contribution >= 0.6 is 0 Å². The summed E-state index contributed by atoms with van der Waals surface area (Å²) in [5.41, 5.74) is 12.6. The minimum atomic E-state index is 0.987. The highest BCUT2D eigenvalue weighted by Crippen LogP contribution is 2.28. The summed E-state index contributed by atoms with van der Waals surface area (Å²) >= 11 is 0. The second kappa shape index (κ2) is 17.4. The van der Waals surface area contributed by atoms with Gasteiger partial charge in [0.1, 0.15) is 0 Å². The molecule has 0 saturated carbocycles. The maximum atomic E-state index is 4.92. The van der Waals surface area contributed by atoms with Crippen LogP contribution in [0.2, 0.25) is 0 Å². The summed E-state index contributed by atoms with van der Waals surface area (Å²) in [5.74, 6) is 0. The largest absolute Gasteiger partial charge is 0.234 e. The van der Waals surface area contributed by atoms with E-state index in [1.54, 1.807) is 0 Å². The van der Waals surface area contributed by atoms with Gasteiger partial charge in [-0.2, -0.15) is 10.2 Å². The lowest BCUT2D eigenvalue weighted by Gasteiger charge is -2.21. The number of benzene rings is 6. The molecule has 0 aliphatic carbocycles. The smallest absolute Gasteiger partial charge is 0.0655 e. The molecule has 246 valence electrons. The zero-order chi connectivity index (χ0) is 34.4. The van der Waals surface area contributed by atoms with Gasteiger partial charge in [0.2, 0.25) is 0 Å². The Labute approximate surface area is 292 Å². The Hall–Kier alpha value is -5.74. The minimum absolute atomic E-state index is 0.987. The highest BCUT2D eigenvalue weighted by molar-refractivity contribution is 5.99. The van der Waals surface area contributed by atoms with Crippen LogP contribution in [0.4, 0.5) is 22.7 Å². The molecule has 6 aromatic carbocycles. The third-order valence-electron chi connectivity index (χ3n) is 8.30. The molecule has 4 heteroatoms. The van der Waals surface area contributed by atoms with Crippen molar-refractivity contribution in [3.8, 4) is 0 Å². The molecule has 6 rings (SSSR count). The molecule has 0 aromatic heterocycles. The fourth-order valence-corrected chi connectivity index (χ4v) is 5.22. The molecule has 0 aliphatic rings. The van der Waals surface area contributed by atoms with Crippen molar-refractivity contribution in [1.82, 2.24) is 0 Å². The lowest BCUT2D eigenvalue weighted by Crippen LogP contribution is -2.12. The molecule has 0 bridgehead atoms. The Bertz CT molecular complexity index is 1910. The van der Waals surface area contributed by atoms with E-state index in [1.807, 2.05) is 52.6 Å². The van der Waals surface area contributed by atoms with Gasteiger partial charge in [-0.3, -0.25) is 0 Å². The van der Waals surface area contributed by atoms with E-state index >= 15 is 0 Å². The van der Waals surface area contributed by atoms with Crippen LogP contribution in [0, 0.1) is 13.8 Å². The Morgan fingerprint density at radius 1 is 0.490 bits per heavy atom. The normalized spacial score (nSPS) is 11.2. The lowest BCUT2D eigenvalue weighted by atomic mass is 10.1. The first-order valence-electron chi connectivity index (χ1n) is 17.0. The van der Waals surface area contributed by atoms with Crippen LogP contribution in [-0.2, 0) is 12.8 Å². The fourth-order valence-electron chi connectivity index (χ4n) is 5.22. The van der Waals surface area contributed by atoms with Gasteiger partial charge in [0, 0.05) is 0 Å². The second-order valence-corrected chi connectivity index (χ2v) is 12.0. The van der Waals surface area contributed by atoms with E-state index in [0.717, 1.165) is 52.4 Å². The van der Waals surface area contributed by atoms with Gasteiger partial charge < -0.3 is 0 Å². The molecular formula is C45H46N4. The first-order valence-corrected chi connectivity index (χ1v) is 17.0. The zero-order valence-electron chi connectivity index (χ0n) is 29.3. The van der Waals surface area contributed by atoms with Crippen molar-refractivity contribution >= 4 is 34.7 Å². The number of rotatable bonds is 10. The Morgan fingerprint density at radius 2 is 0.878 bits per heavy atom. The van der Waals surface area contributed by atoms with Gasteiger partial charge in [0.25, 0.3) is 0 Å². The zero-order valence-corrected chi connectivity index (χ0v) is 29.3. The molecule has 0 unspecified atom stereocenters. The van der Waals surface area contributed by atoms with Crippen molar-refractivity contribution < 1.29 is 0 Å². The maximum Gasteiger partial charge on any atom is 0.0655 e. The fraction of sp³-hybridized carbons (Fsp3) is 0.156. The van der Waals surface area contributed by atoms with Crippen molar-refractivity contribution in [2.24, 2.45) is 10.2 Å². The number of nitrogens with zero attached hydrogens (tertiary/aromatic N) is 4. The standard InChI is InChI=1S/C23H24N2.C22H22N2/c1-4-20-12-16-23(17-13-20)25(22-14-10-18(2)11-15-22)24-19(3)21-8-6-5-7-9-21;1-3-19-11-15-22(16-12-19)24(21-13-9-18(2)10-14-21)23-17-20-7-5-4-6-8-20/h5-17H,4H2,1-3H3;4-17H,3H2,1-2H3/b24-19-;23-17-. The van der Waals surface area contributed by atoms with E-state index < -0.39 is 0 Å². The van der Waals surface area contributed by atoms with Gasteiger partial charge in [0.15, 0.2) is 0 Å². The van der Waals surface area contributed by atoms with Gasteiger partial charge in [-0.05, 0) is 104 Å². The van der Waals surface area contributed by atoms with Crippen LogP contribution in [0.15, 0.2) is 168 Å². The lowest BCUT2D eigenvalue weighted by molar-refractivity contribution is 1.07. The number of aryl methyl sites for hydroxylation is 4. The molecular weight excluding hydrogens is 597 g/mol. The molecule has 49 heavy (non-hydrogen) atoms. The molecule has 0 aliphatic heterocycles. The van der Waals surface area contributed by atoms with Gasteiger partial charge in [0.05, 0.1) is 34.7 Å². The van der Waals surface area contributed by atoms with E-state index in [0.29, 0.717) is 0 Å². The van der Waals surface area contributed by atoms with Gasteiger partial charge in [-0.15, -0.1) is 0 Å². The molecule has 0 N–H and O–H groups in total. The number of hydrogen-bond acceptors (Lipinski definition) is 4. The van der Waals surface area contributed by atoms with Gasteiger partial charge in [-0.1, -0.05) is 134 Å². The first-order chi connectivity index (χ1) is 23.9. The summed E-state index contributed by atoms with van der Waals surface area (Å²) in [6.45, 7) is 10.6. The first kappa shape index (κ1) is 34.6. The average Bonchev–Trinajstić information content (AvgIpc) is 3.16. The summed E-state index contributed by atoms with van der Waals surface area (Å²) < 4.78 is 0. The van der Waals surface area contributed by atoms with Gasteiger partial charge in [-0.25, -0.2) is 10.0 Å². The quantitative estimate of drug-likeness (QED) is 0.110. The van der Waals surface area contributed by atoms with Crippen LogP contribution in [0.3, 0.4) is 0 Å². The summed E-state index contributed by atoms with van der Waals surface area (Å²) in [6.07, 6.45) is 3.98. The van der Waals surface area contributed by atoms with Crippen molar-refractivity contribution in [3.05, 3.63) is 191 Å². The summed E-state index contributed by atoms with van der Waals surface area (Å²) in [7, 11) is 0. The molecule has 0 radical (unpaired) electrons. The molecule has 0 saturated heterocycles. The summed E-state index contributed by atoms with van der Waals surface area (Å²) in [4.78, 5) is 0. The van der Waals surface area contributed by atoms with Crippen LogP contribution in [0.5, 0.6) is 0 Å². The summed E-state index contributed by atoms with van der Waals surface area (Å²) in [6, 6.07) is 54.5. The van der Waals surface area contributed by atoms with Crippen LogP contribution < -0.4 is 10.0 Å².